The Bertz CT molecular complexity index is 471. The van der Waals surface area contributed by atoms with E-state index in [9.17, 15) is 22.8 Å². The number of carbonyl (C=O) groups is 2. The summed E-state index contributed by atoms with van der Waals surface area (Å²) in [6.07, 6.45) is -5.35. The molecule has 8 heteroatoms. The average Bonchev–Trinajstić information content (AvgIpc) is 2.36. The maximum absolute atomic E-state index is 11.8. The number of carboxylic acids is 1. The van der Waals surface area contributed by atoms with Crippen molar-refractivity contribution in [3.05, 3.63) is 35.4 Å². The Hall–Kier alpha value is -2.25. The fourth-order valence-electron chi connectivity index (χ4n) is 1.32. The largest absolute Gasteiger partial charge is 0.478 e. The van der Waals surface area contributed by atoms with E-state index in [1.807, 2.05) is 0 Å². The van der Waals surface area contributed by atoms with E-state index in [1.54, 1.807) is 12.1 Å². The van der Waals surface area contributed by atoms with Gasteiger partial charge in [0.15, 0.2) is 6.61 Å². The highest BCUT2D eigenvalue weighted by molar-refractivity contribution is 5.87. The molecule has 0 radical (unpaired) electrons. The molecule has 0 spiro atoms. The molecule has 0 atom stereocenters. The fourth-order valence-corrected chi connectivity index (χ4v) is 1.32. The Kier molecular flexibility index (Phi) is 5.36. The summed E-state index contributed by atoms with van der Waals surface area (Å²) >= 11 is 0. The normalized spacial score (nSPS) is 10.9. The van der Waals surface area contributed by atoms with Crippen LogP contribution in [0.2, 0.25) is 0 Å². The van der Waals surface area contributed by atoms with Crippen LogP contribution in [0.3, 0.4) is 0 Å². The number of halogens is 3. The molecule has 0 fully saturated rings. The van der Waals surface area contributed by atoms with Gasteiger partial charge in [0.25, 0.3) is 0 Å². The lowest BCUT2D eigenvalue weighted by molar-refractivity contribution is -0.160. The number of ether oxygens (including phenoxy) is 1. The number of alkyl carbamates (subject to hydrolysis) is 1. The number of rotatable bonds is 5. The summed E-state index contributed by atoms with van der Waals surface area (Å²) < 4.78 is 39.2. The van der Waals surface area contributed by atoms with Gasteiger partial charge in [-0.25, -0.2) is 9.59 Å². The number of alkyl halides is 3. The lowest BCUT2D eigenvalue weighted by atomic mass is 10.1. The van der Waals surface area contributed by atoms with E-state index in [-0.39, 0.29) is 12.1 Å². The van der Waals surface area contributed by atoms with Crippen molar-refractivity contribution in [3.63, 3.8) is 0 Å². The molecule has 2 N–H and O–H groups in total. The summed E-state index contributed by atoms with van der Waals surface area (Å²) in [6, 6.07) is 5.93. The van der Waals surface area contributed by atoms with Crippen LogP contribution in [0.1, 0.15) is 15.9 Å². The molecule has 110 valence electrons. The van der Waals surface area contributed by atoms with Crippen LogP contribution in [0.15, 0.2) is 24.3 Å². The number of nitrogens with one attached hydrogen (secondary N) is 1. The number of aromatic carboxylic acids is 1. The van der Waals surface area contributed by atoms with Crippen LogP contribution >= 0.6 is 0 Å². The number of hydrogen-bond donors (Lipinski definition) is 2. The van der Waals surface area contributed by atoms with Crippen molar-refractivity contribution in [1.82, 2.24) is 5.32 Å². The van der Waals surface area contributed by atoms with Crippen LogP contribution < -0.4 is 5.32 Å². The number of amides is 1. The fraction of sp³-hybridized carbons (Fsp3) is 0.333. The molecule has 0 aliphatic carbocycles. The molecule has 0 aliphatic heterocycles. The van der Waals surface area contributed by atoms with E-state index >= 15 is 0 Å². The zero-order chi connectivity index (χ0) is 15.2. The van der Waals surface area contributed by atoms with E-state index in [0.717, 1.165) is 5.56 Å². The molecule has 5 nitrogen and oxygen atoms in total. The van der Waals surface area contributed by atoms with Crippen molar-refractivity contribution in [2.75, 3.05) is 13.2 Å². The minimum absolute atomic E-state index is 0.0864. The number of carbonyl (C=O) groups excluding carboxylic acids is 1. The van der Waals surface area contributed by atoms with E-state index in [2.05, 4.69) is 10.1 Å². The van der Waals surface area contributed by atoms with E-state index in [0.29, 0.717) is 6.42 Å². The van der Waals surface area contributed by atoms with Gasteiger partial charge < -0.3 is 15.2 Å². The third kappa shape index (κ3) is 6.07. The van der Waals surface area contributed by atoms with Gasteiger partial charge in [-0.1, -0.05) is 12.1 Å². The minimum atomic E-state index is -4.55. The van der Waals surface area contributed by atoms with Gasteiger partial charge in [-0.3, -0.25) is 0 Å². The zero-order valence-corrected chi connectivity index (χ0v) is 10.2. The highest BCUT2D eigenvalue weighted by atomic mass is 19.4. The van der Waals surface area contributed by atoms with Crippen molar-refractivity contribution in [3.8, 4) is 0 Å². The van der Waals surface area contributed by atoms with Crippen LogP contribution in [0, 0.1) is 0 Å². The van der Waals surface area contributed by atoms with E-state index < -0.39 is 24.8 Å². The van der Waals surface area contributed by atoms with Crippen LogP contribution in [0.25, 0.3) is 0 Å². The first-order valence-electron chi connectivity index (χ1n) is 5.57. The van der Waals surface area contributed by atoms with Gasteiger partial charge in [-0.2, -0.15) is 13.2 Å². The zero-order valence-electron chi connectivity index (χ0n) is 10.2. The molecule has 0 aliphatic rings. The van der Waals surface area contributed by atoms with Crippen LogP contribution in [0.5, 0.6) is 0 Å². The van der Waals surface area contributed by atoms with E-state index in [1.165, 1.54) is 12.1 Å². The average molecular weight is 291 g/mol. The summed E-state index contributed by atoms with van der Waals surface area (Å²) in [6.45, 7) is -1.55. The highest BCUT2D eigenvalue weighted by Gasteiger charge is 2.29. The Morgan fingerprint density at radius 2 is 1.80 bits per heavy atom. The second-order valence-corrected chi connectivity index (χ2v) is 3.87. The van der Waals surface area contributed by atoms with Gasteiger partial charge in [0, 0.05) is 6.54 Å². The third-order valence-electron chi connectivity index (χ3n) is 2.25. The number of benzene rings is 1. The Morgan fingerprint density at radius 1 is 1.20 bits per heavy atom. The smallest absolute Gasteiger partial charge is 0.422 e. The van der Waals surface area contributed by atoms with Gasteiger partial charge in [-0.15, -0.1) is 0 Å². The standard InChI is InChI=1S/C12H12F3NO4/c13-12(14,15)7-20-11(19)16-6-5-8-1-3-9(4-2-8)10(17)18/h1-4H,5-7H2,(H,16,19)(H,17,18). The second-order valence-electron chi connectivity index (χ2n) is 3.87. The van der Waals surface area contributed by atoms with Crippen molar-refractivity contribution in [2.24, 2.45) is 0 Å². The molecule has 0 aromatic heterocycles. The van der Waals surface area contributed by atoms with Gasteiger partial charge in [-0.05, 0) is 24.1 Å². The quantitative estimate of drug-likeness (QED) is 0.872. The molecule has 1 aromatic rings. The molecule has 0 bridgehead atoms. The van der Waals surface area contributed by atoms with Gasteiger partial charge in [0.1, 0.15) is 0 Å². The monoisotopic (exact) mass is 291 g/mol. The summed E-state index contributed by atoms with van der Waals surface area (Å²) in [4.78, 5) is 21.5. The Balaban J connectivity index is 2.30. The molecular formula is C12H12F3NO4. The number of carboxylic acid groups (broad SMARTS) is 1. The van der Waals surface area contributed by atoms with Crippen LogP contribution in [-0.2, 0) is 11.2 Å². The van der Waals surface area contributed by atoms with Gasteiger partial charge in [0.2, 0.25) is 0 Å². The minimum Gasteiger partial charge on any atom is -0.478 e. The summed E-state index contributed by atoms with van der Waals surface area (Å²) in [5.74, 6) is -1.05. The van der Waals surface area contributed by atoms with E-state index in [4.69, 9.17) is 5.11 Å². The molecular weight excluding hydrogens is 279 g/mol. The van der Waals surface area contributed by atoms with Crippen LogP contribution in [-0.4, -0.2) is 36.5 Å². The first-order valence-corrected chi connectivity index (χ1v) is 5.57. The summed E-state index contributed by atoms with van der Waals surface area (Å²) in [7, 11) is 0. The Morgan fingerprint density at radius 3 is 2.30 bits per heavy atom. The molecule has 1 rings (SSSR count). The maximum Gasteiger partial charge on any atom is 0.422 e. The van der Waals surface area contributed by atoms with Crippen molar-refractivity contribution < 1.29 is 32.6 Å². The molecule has 1 aromatic carbocycles. The van der Waals surface area contributed by atoms with Crippen molar-refractivity contribution in [2.45, 2.75) is 12.6 Å². The van der Waals surface area contributed by atoms with Gasteiger partial charge in [0.05, 0.1) is 5.56 Å². The molecule has 0 heterocycles. The topological polar surface area (TPSA) is 75.6 Å². The van der Waals surface area contributed by atoms with Gasteiger partial charge >= 0.3 is 18.2 Å². The maximum atomic E-state index is 11.8. The van der Waals surface area contributed by atoms with Crippen molar-refractivity contribution in [1.29, 1.82) is 0 Å². The molecule has 20 heavy (non-hydrogen) atoms. The molecule has 0 saturated heterocycles. The molecule has 0 unspecified atom stereocenters. The van der Waals surface area contributed by atoms with Crippen LogP contribution in [0.4, 0.5) is 18.0 Å². The predicted octanol–water partition coefficient (Wildman–Crippen LogP) is 2.22. The lowest BCUT2D eigenvalue weighted by Crippen LogP contribution is -2.30. The SMILES string of the molecule is O=C(NCCc1ccc(C(=O)O)cc1)OCC(F)(F)F. The molecule has 0 saturated carbocycles. The lowest BCUT2D eigenvalue weighted by Gasteiger charge is -2.09. The second kappa shape index (κ2) is 6.78. The highest BCUT2D eigenvalue weighted by Crippen LogP contribution is 2.14. The summed E-state index contributed by atoms with van der Waals surface area (Å²) in [5, 5.41) is 10.8. The van der Waals surface area contributed by atoms with Crippen molar-refractivity contribution >= 4 is 12.1 Å². The molecule has 1 amide bonds. The first kappa shape index (κ1) is 15.8. The first-order chi connectivity index (χ1) is 9.28. The predicted molar refractivity (Wildman–Crippen MR) is 62.5 cm³/mol. The number of hydrogen-bond acceptors (Lipinski definition) is 3. The third-order valence-corrected chi connectivity index (χ3v) is 2.25. The Labute approximate surface area is 112 Å². The summed E-state index contributed by atoms with van der Waals surface area (Å²) in [5.41, 5.74) is 0.873.